The van der Waals surface area contributed by atoms with Crippen LogP contribution < -0.4 is 5.73 Å². The molecule has 0 aliphatic carbocycles. The Bertz CT molecular complexity index is 262. The van der Waals surface area contributed by atoms with Crippen molar-refractivity contribution in [2.24, 2.45) is 5.73 Å². The molecular formula is C8H13N3OS. The highest BCUT2D eigenvalue weighted by atomic mass is 32.2. The van der Waals surface area contributed by atoms with E-state index in [1.807, 2.05) is 6.08 Å². The van der Waals surface area contributed by atoms with Crippen LogP contribution in [0.25, 0.3) is 0 Å². The Morgan fingerprint density at radius 3 is 3.00 bits per heavy atom. The number of hydrogen-bond acceptors (Lipinski definition) is 5. The summed E-state index contributed by atoms with van der Waals surface area (Å²) < 4.78 is 5.20. The molecular weight excluding hydrogens is 186 g/mol. The van der Waals surface area contributed by atoms with Crippen LogP contribution in [0.4, 0.5) is 0 Å². The van der Waals surface area contributed by atoms with E-state index in [1.54, 1.807) is 11.8 Å². The van der Waals surface area contributed by atoms with Gasteiger partial charge in [-0.1, -0.05) is 17.8 Å². The van der Waals surface area contributed by atoms with E-state index < -0.39 is 0 Å². The smallest absolute Gasteiger partial charge is 0.276 e. The van der Waals surface area contributed by atoms with Gasteiger partial charge >= 0.3 is 0 Å². The highest BCUT2D eigenvalue weighted by Crippen LogP contribution is 2.17. The molecule has 0 atom stereocenters. The van der Waals surface area contributed by atoms with Crippen LogP contribution >= 0.6 is 11.8 Å². The van der Waals surface area contributed by atoms with Gasteiger partial charge in [0.05, 0.1) is 6.54 Å². The van der Waals surface area contributed by atoms with E-state index in [-0.39, 0.29) is 0 Å². The molecule has 5 heteroatoms. The predicted octanol–water partition coefficient (Wildman–Crippen LogP) is 1.59. The molecule has 0 fully saturated rings. The second kappa shape index (κ2) is 5.77. The summed E-state index contributed by atoms with van der Waals surface area (Å²) in [5.41, 5.74) is 5.32. The zero-order valence-corrected chi connectivity index (χ0v) is 8.22. The summed E-state index contributed by atoms with van der Waals surface area (Å²) in [6.07, 6.45) is 4.00. The van der Waals surface area contributed by atoms with Crippen LogP contribution in [0.15, 0.2) is 22.3 Å². The van der Waals surface area contributed by atoms with Gasteiger partial charge in [-0.2, -0.15) is 0 Å². The van der Waals surface area contributed by atoms with Crippen LogP contribution in [0.1, 0.15) is 18.7 Å². The molecule has 1 aromatic rings. The van der Waals surface area contributed by atoms with Gasteiger partial charge < -0.3 is 10.2 Å². The second-order valence-electron chi connectivity index (χ2n) is 2.45. The first-order chi connectivity index (χ1) is 6.36. The van der Waals surface area contributed by atoms with Crippen LogP contribution in [-0.4, -0.2) is 16.0 Å². The molecule has 0 amide bonds. The molecule has 0 bridgehead atoms. The highest BCUT2D eigenvalue weighted by Gasteiger charge is 2.03. The average Bonchev–Trinajstić information content (AvgIpc) is 2.60. The Balaban J connectivity index is 2.24. The summed E-state index contributed by atoms with van der Waals surface area (Å²) in [4.78, 5) is 0. The second-order valence-corrected chi connectivity index (χ2v) is 3.49. The van der Waals surface area contributed by atoms with Crippen LogP contribution in [0, 0.1) is 0 Å². The summed E-state index contributed by atoms with van der Waals surface area (Å²) in [5.74, 6) is 1.46. The van der Waals surface area contributed by atoms with Crippen molar-refractivity contribution in [1.82, 2.24) is 10.2 Å². The van der Waals surface area contributed by atoms with Gasteiger partial charge in [0.15, 0.2) is 0 Å². The van der Waals surface area contributed by atoms with Crippen molar-refractivity contribution in [3.63, 3.8) is 0 Å². The maximum absolute atomic E-state index is 5.32. The third kappa shape index (κ3) is 3.61. The van der Waals surface area contributed by atoms with Crippen molar-refractivity contribution < 1.29 is 4.42 Å². The molecule has 4 nitrogen and oxygen atoms in total. The van der Waals surface area contributed by atoms with E-state index >= 15 is 0 Å². The minimum atomic E-state index is 0.306. The molecule has 0 unspecified atom stereocenters. The van der Waals surface area contributed by atoms with Crippen molar-refractivity contribution in [2.45, 2.75) is 24.6 Å². The van der Waals surface area contributed by atoms with Gasteiger partial charge in [0, 0.05) is 5.75 Å². The fourth-order valence-corrected chi connectivity index (χ4v) is 1.51. The van der Waals surface area contributed by atoms with Crippen LogP contribution in [0.2, 0.25) is 0 Å². The molecule has 0 aromatic carbocycles. The average molecular weight is 199 g/mol. The summed E-state index contributed by atoms with van der Waals surface area (Å²) in [6.45, 7) is 3.95. The zero-order valence-electron chi connectivity index (χ0n) is 7.40. The molecule has 2 N–H and O–H groups in total. The van der Waals surface area contributed by atoms with Crippen molar-refractivity contribution in [2.75, 3.05) is 5.75 Å². The lowest BCUT2D eigenvalue weighted by molar-refractivity contribution is 0.415. The minimum absolute atomic E-state index is 0.306. The number of hydrogen-bond donors (Lipinski definition) is 1. The van der Waals surface area contributed by atoms with Crippen LogP contribution in [-0.2, 0) is 6.54 Å². The molecule has 72 valence electrons. The topological polar surface area (TPSA) is 64.9 Å². The van der Waals surface area contributed by atoms with Crippen LogP contribution in [0.3, 0.4) is 0 Å². The van der Waals surface area contributed by atoms with E-state index in [9.17, 15) is 0 Å². The van der Waals surface area contributed by atoms with E-state index in [1.165, 1.54) is 0 Å². The lowest BCUT2D eigenvalue weighted by atomic mass is 10.3. The maximum Gasteiger partial charge on any atom is 0.276 e. The minimum Gasteiger partial charge on any atom is -0.415 e. The molecule has 0 spiro atoms. The van der Waals surface area contributed by atoms with Gasteiger partial charge in [-0.15, -0.1) is 16.8 Å². The number of aromatic nitrogens is 2. The summed E-state index contributed by atoms with van der Waals surface area (Å²) in [5, 5.41) is 8.18. The third-order valence-corrected chi connectivity index (χ3v) is 2.31. The van der Waals surface area contributed by atoms with Gasteiger partial charge in [0.25, 0.3) is 5.22 Å². The Morgan fingerprint density at radius 1 is 1.54 bits per heavy atom. The number of allylic oxidation sites excluding steroid dienone is 1. The molecule has 1 aromatic heterocycles. The fourth-order valence-electron chi connectivity index (χ4n) is 0.766. The highest BCUT2D eigenvalue weighted by molar-refractivity contribution is 7.99. The molecule has 0 aliphatic heterocycles. The normalized spacial score (nSPS) is 10.2. The Labute approximate surface area is 81.6 Å². The molecule has 0 aliphatic rings. The monoisotopic (exact) mass is 199 g/mol. The first-order valence-electron chi connectivity index (χ1n) is 4.13. The van der Waals surface area contributed by atoms with Crippen LogP contribution in [0.5, 0.6) is 0 Å². The zero-order chi connectivity index (χ0) is 9.52. The van der Waals surface area contributed by atoms with Crippen molar-refractivity contribution in [3.8, 4) is 0 Å². The maximum atomic E-state index is 5.32. The van der Waals surface area contributed by atoms with Gasteiger partial charge in [-0.25, -0.2) is 0 Å². The molecule has 1 rings (SSSR count). The summed E-state index contributed by atoms with van der Waals surface area (Å²) >= 11 is 1.55. The molecule has 1 heterocycles. The summed E-state index contributed by atoms with van der Waals surface area (Å²) in [6, 6.07) is 0. The Hall–Kier alpha value is -0.810. The van der Waals surface area contributed by atoms with E-state index in [4.69, 9.17) is 10.2 Å². The van der Waals surface area contributed by atoms with Crippen molar-refractivity contribution in [1.29, 1.82) is 0 Å². The molecule has 0 saturated carbocycles. The fraction of sp³-hybridized carbons (Fsp3) is 0.500. The molecule has 13 heavy (non-hydrogen) atoms. The van der Waals surface area contributed by atoms with E-state index in [0.29, 0.717) is 17.7 Å². The van der Waals surface area contributed by atoms with Gasteiger partial charge in [0.1, 0.15) is 0 Å². The van der Waals surface area contributed by atoms with E-state index in [2.05, 4.69) is 16.8 Å². The first-order valence-corrected chi connectivity index (χ1v) is 5.11. The first kappa shape index (κ1) is 10.3. The number of nitrogens with two attached hydrogens (primary N) is 1. The molecule has 0 radical (unpaired) electrons. The largest absolute Gasteiger partial charge is 0.415 e. The number of thioether (sulfide) groups is 1. The quantitative estimate of drug-likeness (QED) is 0.428. The standard InChI is InChI=1S/C8H13N3OS/c1-2-3-4-5-13-8-11-10-7(6-9)12-8/h2H,1,3-6,9H2. The number of nitrogens with zero attached hydrogens (tertiary/aromatic N) is 2. The Kier molecular flexibility index (Phi) is 4.56. The van der Waals surface area contributed by atoms with Gasteiger partial charge in [-0.05, 0) is 12.8 Å². The predicted molar refractivity (Wildman–Crippen MR) is 52.3 cm³/mol. The lowest BCUT2D eigenvalue weighted by Gasteiger charge is -1.92. The molecule has 0 saturated heterocycles. The number of unbranched alkanes of at least 4 members (excludes halogenated alkanes) is 1. The lowest BCUT2D eigenvalue weighted by Crippen LogP contribution is -1.95. The van der Waals surface area contributed by atoms with Gasteiger partial charge in [-0.3, -0.25) is 0 Å². The summed E-state index contributed by atoms with van der Waals surface area (Å²) in [7, 11) is 0. The van der Waals surface area contributed by atoms with Crippen molar-refractivity contribution >= 4 is 11.8 Å². The van der Waals surface area contributed by atoms with Gasteiger partial charge in [0.2, 0.25) is 5.89 Å². The van der Waals surface area contributed by atoms with Crippen molar-refractivity contribution in [3.05, 3.63) is 18.5 Å². The third-order valence-electron chi connectivity index (χ3n) is 1.40. The SMILES string of the molecule is C=CCCCSc1nnc(CN)o1. The number of rotatable bonds is 6. The van der Waals surface area contributed by atoms with E-state index in [0.717, 1.165) is 18.6 Å². The Morgan fingerprint density at radius 2 is 2.38 bits per heavy atom.